The van der Waals surface area contributed by atoms with Gasteiger partial charge in [0.2, 0.25) is 0 Å². The van der Waals surface area contributed by atoms with E-state index in [1.807, 2.05) is 0 Å². The van der Waals surface area contributed by atoms with Crippen molar-refractivity contribution in [2.45, 2.75) is 64.2 Å². The molecule has 0 radical (unpaired) electrons. The largest absolute Gasteiger partial charge is 0.416 e. The van der Waals surface area contributed by atoms with Gasteiger partial charge in [0.05, 0.1) is 11.3 Å². The van der Waals surface area contributed by atoms with E-state index < -0.39 is 27.6 Å². The number of hydrogen-bond acceptors (Lipinski definition) is 4. The summed E-state index contributed by atoms with van der Waals surface area (Å²) in [5.74, 6) is -0.143. The number of likely N-dealkylation sites (tertiary alicyclic amines) is 1. The van der Waals surface area contributed by atoms with Crippen molar-refractivity contribution >= 4 is 21.6 Å². The highest BCUT2D eigenvalue weighted by Gasteiger charge is 2.32. The predicted molar refractivity (Wildman–Crippen MR) is 125 cm³/mol. The molecule has 1 aromatic rings. The van der Waals surface area contributed by atoms with Crippen molar-refractivity contribution in [1.29, 1.82) is 0 Å². The van der Waals surface area contributed by atoms with Crippen LogP contribution in [0.5, 0.6) is 0 Å². The van der Waals surface area contributed by atoms with E-state index in [0.29, 0.717) is 6.04 Å². The Kier molecular flexibility index (Phi) is 9.78. The molecule has 33 heavy (non-hydrogen) atoms. The molecule has 1 atom stereocenters. The van der Waals surface area contributed by atoms with Crippen LogP contribution in [0.1, 0.15) is 51.5 Å². The van der Waals surface area contributed by atoms with E-state index >= 15 is 0 Å². The van der Waals surface area contributed by atoms with Crippen LogP contribution in [0.2, 0.25) is 0 Å². The normalized spacial score (nSPS) is 16.9. The van der Waals surface area contributed by atoms with Crippen LogP contribution in [-0.4, -0.2) is 61.7 Å². The second kappa shape index (κ2) is 11.9. The van der Waals surface area contributed by atoms with Crippen LogP contribution in [0.3, 0.4) is 0 Å². The summed E-state index contributed by atoms with van der Waals surface area (Å²) in [6, 6.07) is 4.29. The zero-order valence-corrected chi connectivity index (χ0v) is 20.1. The molecule has 2 rings (SSSR count). The minimum Gasteiger partial charge on any atom is -0.321 e. The Morgan fingerprint density at radius 2 is 2.00 bits per heavy atom. The smallest absolute Gasteiger partial charge is 0.321 e. The molecule has 2 amide bonds. The molecular weight excluding hydrogens is 455 g/mol. The first kappa shape index (κ1) is 27.2. The third-order valence-electron chi connectivity index (χ3n) is 6.05. The number of carbonyl (C=O) groups is 1. The molecule has 1 heterocycles. The lowest BCUT2D eigenvalue weighted by molar-refractivity contribution is -0.137. The first-order chi connectivity index (χ1) is 15.5. The topological polar surface area (TPSA) is 69.7 Å². The Bertz CT molecular complexity index is 898. The number of halogens is 3. The average molecular weight is 490 g/mol. The van der Waals surface area contributed by atoms with Gasteiger partial charge in [0.15, 0.2) is 9.84 Å². The predicted octanol–water partition coefficient (Wildman–Crippen LogP) is 5.14. The highest BCUT2D eigenvalue weighted by molar-refractivity contribution is 7.94. The highest BCUT2D eigenvalue weighted by Crippen LogP contribution is 2.31. The van der Waals surface area contributed by atoms with Gasteiger partial charge in [-0.15, -0.1) is 0 Å². The van der Waals surface area contributed by atoms with Crippen molar-refractivity contribution < 1.29 is 26.4 Å². The maximum Gasteiger partial charge on any atom is 0.416 e. The van der Waals surface area contributed by atoms with Crippen LogP contribution >= 0.6 is 0 Å². The average Bonchev–Trinajstić information content (AvgIpc) is 2.76. The Morgan fingerprint density at radius 3 is 2.58 bits per heavy atom. The number of benzene rings is 1. The van der Waals surface area contributed by atoms with E-state index in [1.165, 1.54) is 12.1 Å². The van der Waals surface area contributed by atoms with Crippen LogP contribution in [0.15, 0.2) is 36.3 Å². The second-order valence-electron chi connectivity index (χ2n) is 8.49. The number of anilines is 1. The lowest BCUT2D eigenvalue weighted by Crippen LogP contribution is -2.50. The summed E-state index contributed by atoms with van der Waals surface area (Å²) in [5, 5.41) is 3.47. The van der Waals surface area contributed by atoms with E-state index in [4.69, 9.17) is 0 Å². The molecule has 1 N–H and O–H groups in total. The van der Waals surface area contributed by atoms with E-state index in [1.54, 1.807) is 4.90 Å². The third kappa shape index (κ3) is 8.33. The minimum atomic E-state index is -4.51. The van der Waals surface area contributed by atoms with Gasteiger partial charge >= 0.3 is 12.2 Å². The number of piperidine rings is 1. The van der Waals surface area contributed by atoms with Crippen molar-refractivity contribution in [3.8, 4) is 0 Å². The summed E-state index contributed by atoms with van der Waals surface area (Å²) in [6.07, 6.45) is -0.678. The summed E-state index contributed by atoms with van der Waals surface area (Å²) in [6.45, 7) is 9.43. The van der Waals surface area contributed by atoms with Gasteiger partial charge in [0.25, 0.3) is 0 Å². The van der Waals surface area contributed by atoms with E-state index in [-0.39, 0.29) is 30.4 Å². The Morgan fingerprint density at radius 1 is 1.33 bits per heavy atom. The SMILES string of the molecule is C=CS(=O)(=O)CCCN(C(=O)Nc1cccc(C(F)(F)F)c1)C1CCN(C(C)CCC)CC1. The number of alkyl halides is 3. The molecule has 1 fully saturated rings. The van der Waals surface area contributed by atoms with Gasteiger partial charge in [-0.2, -0.15) is 13.2 Å². The number of hydrogen-bond donors (Lipinski definition) is 1. The van der Waals surface area contributed by atoms with Crippen molar-refractivity contribution in [1.82, 2.24) is 9.80 Å². The highest BCUT2D eigenvalue weighted by atomic mass is 32.2. The van der Waals surface area contributed by atoms with Gasteiger partial charge in [-0.1, -0.05) is 26.0 Å². The maximum absolute atomic E-state index is 13.1. The van der Waals surface area contributed by atoms with Gasteiger partial charge in [-0.05, 0) is 50.8 Å². The van der Waals surface area contributed by atoms with Gasteiger partial charge in [0.1, 0.15) is 0 Å². The number of amides is 2. The first-order valence-electron chi connectivity index (χ1n) is 11.3. The van der Waals surface area contributed by atoms with E-state index in [2.05, 4.69) is 30.6 Å². The summed E-state index contributed by atoms with van der Waals surface area (Å²) in [5.41, 5.74) is -0.797. The molecule has 0 bridgehead atoms. The van der Waals surface area contributed by atoms with Crippen LogP contribution in [0, 0.1) is 0 Å². The standard InChI is InChI=1S/C23H34F3N3O3S/c1-4-8-18(3)28-14-11-21(12-15-28)29(13-7-16-33(31,32)5-2)22(30)27-20-10-6-9-19(17-20)23(24,25)26/h5-6,9-10,17-18,21H,2,4,7-8,11-16H2,1,3H3,(H,27,30). The van der Waals surface area contributed by atoms with Gasteiger partial charge in [-0.3, -0.25) is 0 Å². The lowest BCUT2D eigenvalue weighted by Gasteiger charge is -2.40. The van der Waals surface area contributed by atoms with Crippen LogP contribution < -0.4 is 5.32 Å². The maximum atomic E-state index is 13.1. The minimum absolute atomic E-state index is 0.0487. The number of nitrogens with one attached hydrogen (secondary N) is 1. The fourth-order valence-corrected chi connectivity index (χ4v) is 4.87. The lowest BCUT2D eigenvalue weighted by atomic mass is 10.0. The molecule has 1 aromatic carbocycles. The van der Waals surface area contributed by atoms with Crippen LogP contribution in [0.25, 0.3) is 0 Å². The van der Waals surface area contributed by atoms with Crippen LogP contribution in [-0.2, 0) is 16.0 Å². The molecule has 0 spiro atoms. The van der Waals surface area contributed by atoms with Gasteiger partial charge in [0, 0.05) is 42.8 Å². The fourth-order valence-electron chi connectivity index (χ4n) is 4.18. The quantitative estimate of drug-likeness (QED) is 0.494. The Hall–Kier alpha value is -2.07. The molecule has 0 saturated carbocycles. The molecule has 1 aliphatic rings. The number of carbonyl (C=O) groups excluding carboxylic acids is 1. The molecule has 10 heteroatoms. The Labute approximate surface area is 194 Å². The summed E-state index contributed by atoms with van der Waals surface area (Å²) in [7, 11) is -3.41. The number of rotatable bonds is 10. The third-order valence-corrected chi connectivity index (χ3v) is 7.42. The van der Waals surface area contributed by atoms with Crippen molar-refractivity contribution in [3.63, 3.8) is 0 Å². The monoisotopic (exact) mass is 489 g/mol. The molecular formula is C23H34F3N3O3S. The van der Waals surface area contributed by atoms with Crippen molar-refractivity contribution in [3.05, 3.63) is 41.8 Å². The molecule has 1 saturated heterocycles. The molecule has 0 aromatic heterocycles. The zero-order chi connectivity index (χ0) is 24.6. The summed E-state index contributed by atoms with van der Waals surface area (Å²) < 4.78 is 62.6. The molecule has 186 valence electrons. The van der Waals surface area contributed by atoms with Crippen molar-refractivity contribution in [2.75, 3.05) is 30.7 Å². The van der Waals surface area contributed by atoms with Gasteiger partial charge < -0.3 is 15.1 Å². The van der Waals surface area contributed by atoms with E-state index in [0.717, 1.165) is 56.3 Å². The van der Waals surface area contributed by atoms with Gasteiger partial charge in [-0.25, -0.2) is 13.2 Å². The summed E-state index contributed by atoms with van der Waals surface area (Å²) >= 11 is 0. The number of urea groups is 1. The fraction of sp³-hybridized carbons (Fsp3) is 0.609. The molecule has 1 unspecified atom stereocenters. The first-order valence-corrected chi connectivity index (χ1v) is 13.0. The van der Waals surface area contributed by atoms with Crippen LogP contribution in [0.4, 0.5) is 23.7 Å². The second-order valence-corrected chi connectivity index (χ2v) is 10.6. The summed E-state index contributed by atoms with van der Waals surface area (Å²) in [4.78, 5) is 17.0. The molecule has 0 aliphatic carbocycles. The number of nitrogens with zero attached hydrogens (tertiary/aromatic N) is 2. The van der Waals surface area contributed by atoms with Crippen molar-refractivity contribution in [2.24, 2.45) is 0 Å². The van der Waals surface area contributed by atoms with E-state index in [9.17, 15) is 26.4 Å². The Balaban J connectivity index is 2.12. The molecule has 6 nitrogen and oxygen atoms in total. The number of sulfone groups is 1. The molecule has 1 aliphatic heterocycles. The zero-order valence-electron chi connectivity index (χ0n) is 19.3.